The number of hydrogen-bond acceptors (Lipinski definition) is 3. The topological polar surface area (TPSA) is 69.8 Å². The summed E-state index contributed by atoms with van der Waals surface area (Å²) in [5.41, 5.74) is 5.40. The molecule has 0 unspecified atom stereocenters. The quantitative estimate of drug-likeness (QED) is 0.754. The monoisotopic (exact) mass is 330 g/mol. The van der Waals surface area contributed by atoms with E-state index >= 15 is 0 Å². The summed E-state index contributed by atoms with van der Waals surface area (Å²) in [6.07, 6.45) is 0.836. The van der Waals surface area contributed by atoms with Gasteiger partial charge in [-0.3, -0.25) is 9.89 Å². The molecular weight excluding hydrogens is 308 g/mol. The minimum absolute atomic E-state index is 0.0926. The molecule has 0 atom stereocenters. The number of nitrogens with one attached hydrogen (secondary N) is 3. The Morgan fingerprint density at radius 2 is 1.91 bits per heavy atom. The van der Waals surface area contributed by atoms with Gasteiger partial charge in [0.15, 0.2) is 5.11 Å². The van der Waals surface area contributed by atoms with Crippen molar-refractivity contribution in [3.05, 3.63) is 46.8 Å². The van der Waals surface area contributed by atoms with E-state index in [4.69, 9.17) is 12.2 Å². The third kappa shape index (κ3) is 4.63. The van der Waals surface area contributed by atoms with Gasteiger partial charge in [0.05, 0.1) is 5.69 Å². The molecule has 5 nitrogen and oxygen atoms in total. The second kappa shape index (κ2) is 7.37. The Labute approximate surface area is 141 Å². The van der Waals surface area contributed by atoms with E-state index in [1.54, 1.807) is 0 Å². The highest BCUT2D eigenvalue weighted by molar-refractivity contribution is 7.80. The molecule has 0 saturated carbocycles. The average molecular weight is 330 g/mol. The molecule has 122 valence electrons. The van der Waals surface area contributed by atoms with E-state index in [1.807, 2.05) is 52.0 Å². The van der Waals surface area contributed by atoms with Crippen molar-refractivity contribution < 1.29 is 4.79 Å². The number of benzene rings is 1. The highest BCUT2D eigenvalue weighted by atomic mass is 32.1. The maximum absolute atomic E-state index is 11.6. The fraction of sp³-hybridized carbons (Fsp3) is 0.353. The molecule has 2 rings (SSSR count). The number of carbonyl (C=O) groups excluding carboxylic acids is 1. The maximum atomic E-state index is 11.6. The largest absolute Gasteiger partial charge is 0.332 e. The van der Waals surface area contributed by atoms with E-state index in [0.29, 0.717) is 5.11 Å². The van der Waals surface area contributed by atoms with E-state index < -0.39 is 0 Å². The second-order valence-electron chi connectivity index (χ2n) is 5.88. The van der Waals surface area contributed by atoms with Crippen LogP contribution in [0.3, 0.4) is 0 Å². The lowest BCUT2D eigenvalue weighted by atomic mass is 10.0. The van der Waals surface area contributed by atoms with E-state index in [1.165, 1.54) is 11.1 Å². The number of rotatable bonds is 4. The lowest BCUT2D eigenvalue weighted by Gasteiger charge is -2.11. The lowest BCUT2D eigenvalue weighted by molar-refractivity contribution is -0.122. The van der Waals surface area contributed by atoms with E-state index in [-0.39, 0.29) is 11.8 Å². The van der Waals surface area contributed by atoms with Crippen LogP contribution in [0.5, 0.6) is 0 Å². The number of carbonyl (C=O) groups is 1. The van der Waals surface area contributed by atoms with Gasteiger partial charge < -0.3 is 10.6 Å². The molecule has 0 fully saturated rings. The van der Waals surface area contributed by atoms with Crippen molar-refractivity contribution >= 4 is 28.9 Å². The summed E-state index contributed by atoms with van der Waals surface area (Å²) in [6.45, 7) is 7.69. The van der Waals surface area contributed by atoms with Crippen molar-refractivity contribution in [3.8, 4) is 0 Å². The molecule has 1 aromatic heterocycles. The van der Waals surface area contributed by atoms with E-state index in [0.717, 1.165) is 23.5 Å². The number of amides is 1. The summed E-state index contributed by atoms with van der Waals surface area (Å²) in [5.74, 6) is -0.191. The minimum Gasteiger partial charge on any atom is -0.332 e. The van der Waals surface area contributed by atoms with Crippen LogP contribution < -0.4 is 10.6 Å². The van der Waals surface area contributed by atoms with Gasteiger partial charge in [0.1, 0.15) is 0 Å². The molecule has 1 amide bonds. The molecule has 0 bridgehead atoms. The van der Waals surface area contributed by atoms with Crippen LogP contribution in [0.1, 0.15) is 36.4 Å². The Hall–Kier alpha value is -2.21. The molecule has 3 N–H and O–H groups in total. The summed E-state index contributed by atoms with van der Waals surface area (Å²) >= 11 is 5.14. The zero-order valence-corrected chi connectivity index (χ0v) is 14.7. The van der Waals surface area contributed by atoms with Crippen molar-refractivity contribution in [3.63, 3.8) is 0 Å². The van der Waals surface area contributed by atoms with E-state index in [9.17, 15) is 4.79 Å². The number of nitrogens with zero attached hydrogens (tertiary/aromatic N) is 1. The molecule has 0 radical (unpaired) electrons. The van der Waals surface area contributed by atoms with Gasteiger partial charge in [-0.15, -0.1) is 0 Å². The summed E-state index contributed by atoms with van der Waals surface area (Å²) in [5, 5.41) is 13.2. The molecule has 0 aliphatic rings. The van der Waals surface area contributed by atoms with Crippen LogP contribution in [0, 0.1) is 19.8 Å². The SMILES string of the molecule is Cc1n[nH]c(C)c1Cc1ccc(NC(=S)NC(=O)C(C)C)cc1. The summed E-state index contributed by atoms with van der Waals surface area (Å²) in [6, 6.07) is 7.99. The molecule has 0 aliphatic carbocycles. The predicted molar refractivity (Wildman–Crippen MR) is 96.5 cm³/mol. The summed E-state index contributed by atoms with van der Waals surface area (Å²) in [7, 11) is 0. The third-order valence-electron chi connectivity index (χ3n) is 3.63. The Morgan fingerprint density at radius 1 is 1.26 bits per heavy atom. The zero-order chi connectivity index (χ0) is 17.0. The first kappa shape index (κ1) is 17.1. The minimum atomic E-state index is -0.0986. The summed E-state index contributed by atoms with van der Waals surface area (Å²) in [4.78, 5) is 11.6. The molecule has 0 aliphatic heterocycles. The number of aromatic amines is 1. The highest BCUT2D eigenvalue weighted by Gasteiger charge is 2.09. The Morgan fingerprint density at radius 3 is 2.43 bits per heavy atom. The van der Waals surface area contributed by atoms with Crippen molar-refractivity contribution in [1.29, 1.82) is 0 Å². The predicted octanol–water partition coefficient (Wildman–Crippen LogP) is 3.09. The Bertz CT molecular complexity index is 684. The summed E-state index contributed by atoms with van der Waals surface area (Å²) < 4.78 is 0. The molecule has 0 saturated heterocycles. The average Bonchev–Trinajstić information content (AvgIpc) is 2.80. The van der Waals surface area contributed by atoms with Gasteiger partial charge in [-0.25, -0.2) is 0 Å². The van der Waals surface area contributed by atoms with Gasteiger partial charge in [-0.2, -0.15) is 5.10 Å². The van der Waals surface area contributed by atoms with Crippen LogP contribution in [0.15, 0.2) is 24.3 Å². The first-order chi connectivity index (χ1) is 10.9. The Balaban J connectivity index is 1.97. The number of H-pyrrole nitrogens is 1. The van der Waals surface area contributed by atoms with Crippen LogP contribution in [-0.2, 0) is 11.2 Å². The van der Waals surface area contributed by atoms with Gasteiger partial charge in [-0.1, -0.05) is 26.0 Å². The zero-order valence-electron chi connectivity index (χ0n) is 13.9. The second-order valence-corrected chi connectivity index (χ2v) is 6.29. The van der Waals surface area contributed by atoms with Crippen LogP contribution in [0.4, 0.5) is 5.69 Å². The Kier molecular flexibility index (Phi) is 5.50. The van der Waals surface area contributed by atoms with Crippen LogP contribution in [0.2, 0.25) is 0 Å². The lowest BCUT2D eigenvalue weighted by Crippen LogP contribution is -2.36. The van der Waals surface area contributed by atoms with Crippen LogP contribution >= 0.6 is 12.2 Å². The van der Waals surface area contributed by atoms with Crippen molar-refractivity contribution in [2.75, 3.05) is 5.32 Å². The standard InChI is InChI=1S/C17H22N4OS/c1-10(2)16(22)19-17(23)18-14-7-5-13(6-8-14)9-15-11(3)20-21-12(15)4/h5-8,10H,9H2,1-4H3,(H,20,21)(H2,18,19,22,23). The highest BCUT2D eigenvalue weighted by Crippen LogP contribution is 2.17. The van der Waals surface area contributed by atoms with E-state index in [2.05, 4.69) is 20.8 Å². The number of hydrogen-bond donors (Lipinski definition) is 3. The molecule has 1 heterocycles. The van der Waals surface area contributed by atoms with Crippen LogP contribution in [0.25, 0.3) is 0 Å². The van der Waals surface area contributed by atoms with Gasteiger partial charge in [-0.05, 0) is 43.8 Å². The van der Waals surface area contributed by atoms with Gasteiger partial charge in [0.2, 0.25) is 5.91 Å². The molecule has 2 aromatic rings. The number of aromatic nitrogens is 2. The fourth-order valence-electron chi connectivity index (χ4n) is 2.16. The third-order valence-corrected chi connectivity index (χ3v) is 3.84. The van der Waals surface area contributed by atoms with Crippen molar-refractivity contribution in [2.24, 2.45) is 5.92 Å². The normalized spacial score (nSPS) is 10.7. The first-order valence-corrected chi connectivity index (χ1v) is 7.99. The first-order valence-electron chi connectivity index (χ1n) is 7.58. The fourth-order valence-corrected chi connectivity index (χ4v) is 2.38. The molecule has 0 spiro atoms. The van der Waals surface area contributed by atoms with Crippen molar-refractivity contribution in [1.82, 2.24) is 15.5 Å². The smallest absolute Gasteiger partial charge is 0.228 e. The maximum Gasteiger partial charge on any atom is 0.228 e. The van der Waals surface area contributed by atoms with Gasteiger partial charge in [0, 0.05) is 29.3 Å². The number of aryl methyl sites for hydroxylation is 2. The molecule has 1 aromatic carbocycles. The molecule has 6 heteroatoms. The molecular formula is C17H22N4OS. The van der Waals surface area contributed by atoms with Gasteiger partial charge in [0.25, 0.3) is 0 Å². The van der Waals surface area contributed by atoms with Gasteiger partial charge >= 0.3 is 0 Å². The molecule has 23 heavy (non-hydrogen) atoms. The van der Waals surface area contributed by atoms with Crippen LogP contribution in [-0.4, -0.2) is 21.2 Å². The number of thiocarbonyl (C=S) groups is 1. The number of anilines is 1. The van der Waals surface area contributed by atoms with Crippen molar-refractivity contribution in [2.45, 2.75) is 34.1 Å².